The van der Waals surface area contributed by atoms with E-state index in [-0.39, 0.29) is 11.9 Å². The minimum absolute atomic E-state index is 0.0775. The lowest BCUT2D eigenvalue weighted by molar-refractivity contribution is -0.116. The van der Waals surface area contributed by atoms with Crippen molar-refractivity contribution in [1.29, 1.82) is 0 Å². The molecule has 0 aliphatic carbocycles. The third kappa shape index (κ3) is 4.48. The van der Waals surface area contributed by atoms with Crippen LogP contribution in [0, 0.1) is 0 Å². The van der Waals surface area contributed by atoms with E-state index in [0.29, 0.717) is 0 Å². The SMILES string of the molecule is C[C@H](Nc1ccc(Br)cc1)C(=O)Nc1ccccc1-c1ccccc1. The second kappa shape index (κ2) is 7.99. The van der Waals surface area contributed by atoms with Crippen molar-refractivity contribution in [2.24, 2.45) is 0 Å². The predicted octanol–water partition coefficient (Wildman–Crippen LogP) is 5.56. The lowest BCUT2D eigenvalue weighted by Gasteiger charge is -2.17. The van der Waals surface area contributed by atoms with Crippen molar-refractivity contribution in [2.45, 2.75) is 13.0 Å². The summed E-state index contributed by atoms with van der Waals surface area (Å²) in [6.07, 6.45) is 0. The summed E-state index contributed by atoms with van der Waals surface area (Å²) >= 11 is 3.41. The Bertz CT molecular complexity index is 847. The fourth-order valence-electron chi connectivity index (χ4n) is 2.56. The van der Waals surface area contributed by atoms with Gasteiger partial charge >= 0.3 is 0 Å². The summed E-state index contributed by atoms with van der Waals surface area (Å²) in [6.45, 7) is 1.85. The molecule has 1 amide bonds. The Morgan fingerprint density at radius 2 is 1.52 bits per heavy atom. The first-order valence-electron chi connectivity index (χ1n) is 8.11. The number of anilines is 2. The molecule has 25 heavy (non-hydrogen) atoms. The van der Waals surface area contributed by atoms with Crippen molar-refractivity contribution in [3.63, 3.8) is 0 Å². The van der Waals surface area contributed by atoms with E-state index in [2.05, 4.69) is 26.6 Å². The Labute approximate surface area is 156 Å². The molecule has 0 spiro atoms. The van der Waals surface area contributed by atoms with Gasteiger partial charge in [0, 0.05) is 21.4 Å². The average molecular weight is 395 g/mol. The normalized spacial score (nSPS) is 11.6. The van der Waals surface area contributed by atoms with Gasteiger partial charge in [0.2, 0.25) is 5.91 Å². The number of para-hydroxylation sites is 1. The highest BCUT2D eigenvalue weighted by atomic mass is 79.9. The molecular formula is C21H19BrN2O. The highest BCUT2D eigenvalue weighted by Crippen LogP contribution is 2.27. The van der Waals surface area contributed by atoms with Gasteiger partial charge in [0.05, 0.1) is 0 Å². The number of halogens is 1. The van der Waals surface area contributed by atoms with Gasteiger partial charge in [-0.3, -0.25) is 4.79 Å². The highest BCUT2D eigenvalue weighted by molar-refractivity contribution is 9.10. The lowest BCUT2D eigenvalue weighted by atomic mass is 10.0. The third-order valence-corrected chi connectivity index (χ3v) is 4.42. The number of nitrogens with one attached hydrogen (secondary N) is 2. The first-order valence-corrected chi connectivity index (χ1v) is 8.90. The summed E-state index contributed by atoms with van der Waals surface area (Å²) < 4.78 is 1.01. The van der Waals surface area contributed by atoms with E-state index in [9.17, 15) is 4.79 Å². The van der Waals surface area contributed by atoms with Gasteiger partial charge in [-0.2, -0.15) is 0 Å². The van der Waals surface area contributed by atoms with E-state index in [4.69, 9.17) is 0 Å². The van der Waals surface area contributed by atoms with Gasteiger partial charge in [0.1, 0.15) is 6.04 Å². The van der Waals surface area contributed by atoms with Gasteiger partial charge < -0.3 is 10.6 Å². The molecule has 0 aliphatic rings. The third-order valence-electron chi connectivity index (χ3n) is 3.89. The minimum Gasteiger partial charge on any atom is -0.374 e. The topological polar surface area (TPSA) is 41.1 Å². The Balaban J connectivity index is 1.74. The van der Waals surface area contributed by atoms with Crippen molar-refractivity contribution in [1.82, 2.24) is 0 Å². The maximum atomic E-state index is 12.6. The number of carbonyl (C=O) groups excluding carboxylic acids is 1. The lowest BCUT2D eigenvalue weighted by Crippen LogP contribution is -2.32. The second-order valence-electron chi connectivity index (χ2n) is 5.77. The molecule has 4 heteroatoms. The quantitative estimate of drug-likeness (QED) is 0.594. The zero-order valence-corrected chi connectivity index (χ0v) is 15.5. The summed E-state index contributed by atoms with van der Waals surface area (Å²) in [5.41, 5.74) is 3.80. The zero-order chi connectivity index (χ0) is 17.6. The monoisotopic (exact) mass is 394 g/mol. The summed E-state index contributed by atoms with van der Waals surface area (Å²) in [5.74, 6) is -0.0775. The number of rotatable bonds is 5. The van der Waals surface area contributed by atoms with Crippen LogP contribution in [0.25, 0.3) is 11.1 Å². The molecule has 126 valence electrons. The van der Waals surface area contributed by atoms with E-state index in [1.165, 1.54) is 0 Å². The first kappa shape index (κ1) is 17.2. The predicted molar refractivity (Wildman–Crippen MR) is 108 cm³/mol. The first-order chi connectivity index (χ1) is 12.1. The molecule has 3 nitrogen and oxygen atoms in total. The molecule has 0 unspecified atom stereocenters. The van der Waals surface area contributed by atoms with Crippen LogP contribution in [0.3, 0.4) is 0 Å². The Morgan fingerprint density at radius 1 is 0.880 bits per heavy atom. The van der Waals surface area contributed by atoms with E-state index in [0.717, 1.165) is 27.0 Å². The van der Waals surface area contributed by atoms with E-state index >= 15 is 0 Å². The average Bonchev–Trinajstić information content (AvgIpc) is 2.64. The van der Waals surface area contributed by atoms with Crippen LogP contribution in [0.1, 0.15) is 6.92 Å². The van der Waals surface area contributed by atoms with Gasteiger partial charge in [0.15, 0.2) is 0 Å². The molecule has 0 bridgehead atoms. The Hall–Kier alpha value is -2.59. The van der Waals surface area contributed by atoms with Crippen molar-refractivity contribution in [3.8, 4) is 11.1 Å². The van der Waals surface area contributed by atoms with E-state index < -0.39 is 0 Å². The number of hydrogen-bond donors (Lipinski definition) is 2. The van der Waals surface area contributed by atoms with Gasteiger partial charge in [-0.25, -0.2) is 0 Å². The molecule has 0 radical (unpaired) electrons. The maximum Gasteiger partial charge on any atom is 0.246 e. The van der Waals surface area contributed by atoms with Crippen LogP contribution < -0.4 is 10.6 Å². The van der Waals surface area contributed by atoms with E-state index in [1.807, 2.05) is 85.8 Å². The van der Waals surface area contributed by atoms with E-state index in [1.54, 1.807) is 0 Å². The Kier molecular flexibility index (Phi) is 5.51. The standard InChI is InChI=1S/C21H19BrN2O/c1-15(23-18-13-11-17(22)12-14-18)21(25)24-20-10-6-5-9-19(20)16-7-3-2-4-8-16/h2-15,23H,1H3,(H,24,25)/t15-/m0/s1. The van der Waals surface area contributed by atoms with Crippen LogP contribution >= 0.6 is 15.9 Å². The van der Waals surface area contributed by atoms with Gasteiger partial charge in [-0.1, -0.05) is 64.5 Å². The molecule has 3 aromatic carbocycles. The smallest absolute Gasteiger partial charge is 0.246 e. The van der Waals surface area contributed by atoms with Gasteiger partial charge in [-0.05, 0) is 42.8 Å². The highest BCUT2D eigenvalue weighted by Gasteiger charge is 2.14. The van der Waals surface area contributed by atoms with Crippen molar-refractivity contribution >= 4 is 33.2 Å². The maximum absolute atomic E-state index is 12.6. The molecule has 0 heterocycles. The molecule has 0 fully saturated rings. The molecule has 0 aliphatic heterocycles. The van der Waals surface area contributed by atoms with Crippen LogP contribution in [0.15, 0.2) is 83.3 Å². The number of amides is 1. The molecule has 0 saturated carbocycles. The van der Waals surface area contributed by atoms with Crippen LogP contribution in [-0.4, -0.2) is 11.9 Å². The molecule has 0 aromatic heterocycles. The fraction of sp³-hybridized carbons (Fsp3) is 0.0952. The molecule has 3 rings (SSSR count). The Morgan fingerprint density at radius 3 is 2.24 bits per heavy atom. The zero-order valence-electron chi connectivity index (χ0n) is 13.9. The molecule has 1 atom stereocenters. The van der Waals surface area contributed by atoms with Crippen molar-refractivity contribution in [3.05, 3.63) is 83.3 Å². The van der Waals surface area contributed by atoms with Crippen molar-refractivity contribution < 1.29 is 4.79 Å². The molecule has 2 N–H and O–H groups in total. The van der Waals surface area contributed by atoms with Crippen LogP contribution in [0.2, 0.25) is 0 Å². The van der Waals surface area contributed by atoms with Gasteiger partial charge in [0.25, 0.3) is 0 Å². The minimum atomic E-state index is -0.356. The molecular weight excluding hydrogens is 376 g/mol. The molecule has 0 saturated heterocycles. The summed E-state index contributed by atoms with van der Waals surface area (Å²) in [4.78, 5) is 12.6. The van der Waals surface area contributed by atoms with Gasteiger partial charge in [-0.15, -0.1) is 0 Å². The summed E-state index contributed by atoms with van der Waals surface area (Å²) in [5, 5.41) is 6.25. The van der Waals surface area contributed by atoms with Crippen LogP contribution in [0.5, 0.6) is 0 Å². The van der Waals surface area contributed by atoms with Crippen LogP contribution in [-0.2, 0) is 4.79 Å². The largest absolute Gasteiger partial charge is 0.374 e. The van der Waals surface area contributed by atoms with Crippen molar-refractivity contribution in [2.75, 3.05) is 10.6 Å². The number of carbonyl (C=O) groups is 1. The molecule has 3 aromatic rings. The second-order valence-corrected chi connectivity index (χ2v) is 6.69. The summed E-state index contributed by atoms with van der Waals surface area (Å²) in [7, 11) is 0. The van der Waals surface area contributed by atoms with Crippen LogP contribution in [0.4, 0.5) is 11.4 Å². The number of benzene rings is 3. The number of hydrogen-bond acceptors (Lipinski definition) is 2. The fourth-order valence-corrected chi connectivity index (χ4v) is 2.83. The summed E-state index contributed by atoms with van der Waals surface area (Å²) in [6, 6.07) is 25.3.